The Hall–Kier alpha value is -0.840. The topological polar surface area (TPSA) is 43.6 Å². The Balaban J connectivity index is 1.88. The van der Waals surface area contributed by atoms with Crippen LogP contribution in [-0.4, -0.2) is 26.4 Å². The molecule has 4 heteroatoms. The maximum atomic E-state index is 5.63. The molecule has 1 saturated heterocycles. The lowest BCUT2D eigenvalue weighted by atomic mass is 10.2. The molecule has 1 fully saturated rings. The summed E-state index contributed by atoms with van der Waals surface area (Å²) in [6.07, 6.45) is 0.270. The minimum Gasteiger partial charge on any atom is -0.465 e. The molecule has 0 radical (unpaired) electrons. The third kappa shape index (κ3) is 2.59. The van der Waals surface area contributed by atoms with Crippen LogP contribution >= 0.6 is 0 Å². The lowest BCUT2D eigenvalue weighted by molar-refractivity contribution is -0.135. The van der Waals surface area contributed by atoms with Gasteiger partial charge in [0.25, 0.3) is 0 Å². The van der Waals surface area contributed by atoms with Crippen molar-refractivity contribution in [3.8, 4) is 0 Å². The van der Waals surface area contributed by atoms with Gasteiger partial charge in [0, 0.05) is 5.56 Å². The molecule has 1 N–H and O–H groups in total. The first kappa shape index (κ1) is 10.7. The molecule has 1 aromatic heterocycles. The Labute approximate surface area is 89.6 Å². The molecule has 1 aliphatic rings. The van der Waals surface area contributed by atoms with Crippen molar-refractivity contribution >= 4 is 0 Å². The van der Waals surface area contributed by atoms with Crippen LogP contribution in [0.15, 0.2) is 10.5 Å². The summed E-state index contributed by atoms with van der Waals surface area (Å²) in [4.78, 5) is 0. The molecule has 0 atom stereocenters. The fraction of sp³-hybridized carbons (Fsp3) is 0.636. The molecule has 0 saturated carbocycles. The van der Waals surface area contributed by atoms with Crippen LogP contribution < -0.4 is 5.32 Å². The summed E-state index contributed by atoms with van der Waals surface area (Å²) in [7, 11) is 1.90. The van der Waals surface area contributed by atoms with E-state index in [4.69, 9.17) is 13.9 Å². The van der Waals surface area contributed by atoms with Gasteiger partial charge in [-0.3, -0.25) is 0 Å². The lowest BCUT2D eigenvalue weighted by Crippen LogP contribution is -2.35. The third-order valence-corrected chi connectivity index (χ3v) is 2.50. The summed E-state index contributed by atoms with van der Waals surface area (Å²) in [5.41, 5.74) is 1.13. The van der Waals surface area contributed by atoms with E-state index in [1.807, 2.05) is 20.0 Å². The molecule has 15 heavy (non-hydrogen) atoms. The second kappa shape index (κ2) is 4.79. The minimum absolute atomic E-state index is 0.270. The van der Waals surface area contributed by atoms with E-state index in [2.05, 4.69) is 5.32 Å². The molecular weight excluding hydrogens is 194 g/mol. The summed E-state index contributed by atoms with van der Waals surface area (Å²) in [5.74, 6) is 1.90. The SMILES string of the molecule is CNCc1cc(COC2COC2)c(C)o1. The van der Waals surface area contributed by atoms with E-state index in [0.29, 0.717) is 6.61 Å². The van der Waals surface area contributed by atoms with E-state index in [1.54, 1.807) is 0 Å². The summed E-state index contributed by atoms with van der Waals surface area (Å²) in [5, 5.41) is 3.06. The maximum absolute atomic E-state index is 5.63. The number of ether oxygens (including phenoxy) is 2. The van der Waals surface area contributed by atoms with Crippen molar-refractivity contribution in [3.05, 3.63) is 23.2 Å². The molecule has 0 amide bonds. The molecule has 1 aromatic rings. The molecule has 0 bridgehead atoms. The van der Waals surface area contributed by atoms with E-state index in [0.717, 1.165) is 36.8 Å². The van der Waals surface area contributed by atoms with Crippen LogP contribution in [-0.2, 0) is 22.6 Å². The first-order valence-electron chi connectivity index (χ1n) is 5.21. The van der Waals surface area contributed by atoms with Crippen LogP contribution in [0.2, 0.25) is 0 Å². The average molecular weight is 211 g/mol. The maximum Gasteiger partial charge on any atom is 0.118 e. The summed E-state index contributed by atoms with van der Waals surface area (Å²) in [6, 6.07) is 2.05. The zero-order chi connectivity index (χ0) is 10.7. The molecule has 4 nitrogen and oxygen atoms in total. The van der Waals surface area contributed by atoms with Crippen molar-refractivity contribution in [2.45, 2.75) is 26.2 Å². The number of furan rings is 1. The Kier molecular flexibility index (Phi) is 3.41. The summed E-state index contributed by atoms with van der Waals surface area (Å²) >= 11 is 0. The predicted octanol–water partition coefficient (Wildman–Crippen LogP) is 1.22. The van der Waals surface area contributed by atoms with Gasteiger partial charge in [-0.1, -0.05) is 0 Å². The van der Waals surface area contributed by atoms with E-state index in [-0.39, 0.29) is 6.10 Å². The second-order valence-electron chi connectivity index (χ2n) is 3.79. The number of hydrogen-bond donors (Lipinski definition) is 1. The standard InChI is InChI=1S/C11H17NO3/c1-8-9(3-10(15-8)4-12-2)5-14-11-6-13-7-11/h3,11-12H,4-7H2,1-2H3. The highest BCUT2D eigenvalue weighted by atomic mass is 16.6. The molecule has 0 aliphatic carbocycles. The molecular formula is C11H17NO3. The molecule has 0 spiro atoms. The molecule has 84 valence electrons. The fourth-order valence-corrected chi connectivity index (χ4v) is 1.51. The zero-order valence-corrected chi connectivity index (χ0v) is 9.21. The number of rotatable bonds is 5. The highest BCUT2D eigenvalue weighted by Gasteiger charge is 2.19. The number of aryl methyl sites for hydroxylation is 1. The van der Waals surface area contributed by atoms with Crippen LogP contribution in [0.4, 0.5) is 0 Å². The summed E-state index contributed by atoms with van der Waals surface area (Å²) < 4.78 is 16.2. The summed E-state index contributed by atoms with van der Waals surface area (Å²) in [6.45, 7) is 4.79. The zero-order valence-electron chi connectivity index (χ0n) is 9.21. The van der Waals surface area contributed by atoms with Crippen LogP contribution in [0.5, 0.6) is 0 Å². The van der Waals surface area contributed by atoms with E-state index < -0.39 is 0 Å². The second-order valence-corrected chi connectivity index (χ2v) is 3.79. The Morgan fingerprint density at radius 2 is 2.33 bits per heavy atom. The average Bonchev–Trinajstić information content (AvgIpc) is 2.45. The highest BCUT2D eigenvalue weighted by Crippen LogP contribution is 2.17. The number of nitrogens with one attached hydrogen (secondary N) is 1. The molecule has 2 rings (SSSR count). The van der Waals surface area contributed by atoms with Gasteiger partial charge < -0.3 is 19.2 Å². The van der Waals surface area contributed by atoms with Gasteiger partial charge >= 0.3 is 0 Å². The fourth-order valence-electron chi connectivity index (χ4n) is 1.51. The van der Waals surface area contributed by atoms with Gasteiger partial charge in [-0.05, 0) is 20.0 Å². The van der Waals surface area contributed by atoms with E-state index in [1.165, 1.54) is 0 Å². The van der Waals surface area contributed by atoms with Crippen molar-refractivity contribution in [3.63, 3.8) is 0 Å². The Bertz CT molecular complexity index is 318. The first-order valence-corrected chi connectivity index (χ1v) is 5.21. The lowest BCUT2D eigenvalue weighted by Gasteiger charge is -2.25. The van der Waals surface area contributed by atoms with Gasteiger partial charge in [0.2, 0.25) is 0 Å². The van der Waals surface area contributed by atoms with Gasteiger partial charge in [-0.2, -0.15) is 0 Å². The molecule has 2 heterocycles. The van der Waals surface area contributed by atoms with E-state index in [9.17, 15) is 0 Å². The highest BCUT2D eigenvalue weighted by molar-refractivity contribution is 5.19. The van der Waals surface area contributed by atoms with Gasteiger partial charge in [0.05, 0.1) is 26.4 Å². The first-order chi connectivity index (χ1) is 7.29. The van der Waals surface area contributed by atoms with Crippen molar-refractivity contribution < 1.29 is 13.9 Å². The van der Waals surface area contributed by atoms with Crippen molar-refractivity contribution in [1.82, 2.24) is 5.32 Å². The number of hydrogen-bond acceptors (Lipinski definition) is 4. The minimum atomic E-state index is 0.270. The largest absolute Gasteiger partial charge is 0.465 e. The van der Waals surface area contributed by atoms with Crippen molar-refractivity contribution in [2.24, 2.45) is 0 Å². The van der Waals surface area contributed by atoms with Gasteiger partial charge in [0.1, 0.15) is 17.6 Å². The predicted molar refractivity (Wildman–Crippen MR) is 55.6 cm³/mol. The molecule has 0 aromatic carbocycles. The van der Waals surface area contributed by atoms with Crippen LogP contribution in [0.1, 0.15) is 17.1 Å². The van der Waals surface area contributed by atoms with Gasteiger partial charge in [0.15, 0.2) is 0 Å². The normalized spacial score (nSPS) is 16.7. The van der Waals surface area contributed by atoms with Gasteiger partial charge in [-0.25, -0.2) is 0 Å². The quantitative estimate of drug-likeness (QED) is 0.795. The van der Waals surface area contributed by atoms with Crippen LogP contribution in [0.25, 0.3) is 0 Å². The van der Waals surface area contributed by atoms with Crippen LogP contribution in [0.3, 0.4) is 0 Å². The van der Waals surface area contributed by atoms with Gasteiger partial charge in [-0.15, -0.1) is 0 Å². The van der Waals surface area contributed by atoms with E-state index >= 15 is 0 Å². The molecule has 1 aliphatic heterocycles. The van der Waals surface area contributed by atoms with Crippen molar-refractivity contribution in [2.75, 3.05) is 20.3 Å². The van der Waals surface area contributed by atoms with Crippen LogP contribution in [0, 0.1) is 6.92 Å². The van der Waals surface area contributed by atoms with Crippen molar-refractivity contribution in [1.29, 1.82) is 0 Å². The smallest absolute Gasteiger partial charge is 0.118 e. The third-order valence-electron chi connectivity index (χ3n) is 2.50. The Morgan fingerprint density at radius 3 is 2.93 bits per heavy atom. The Morgan fingerprint density at radius 1 is 1.53 bits per heavy atom. The monoisotopic (exact) mass is 211 g/mol. The molecule has 0 unspecified atom stereocenters.